The molecular formula is C27H18N6. The summed E-state index contributed by atoms with van der Waals surface area (Å²) in [6.07, 6.45) is 0. The van der Waals surface area contributed by atoms with Crippen LogP contribution in [0.5, 0.6) is 0 Å². The third-order valence-corrected chi connectivity index (χ3v) is 6.13. The molecule has 7 rings (SSSR count). The minimum atomic E-state index is 0.699. The van der Waals surface area contributed by atoms with Gasteiger partial charge in [0.15, 0.2) is 0 Å². The number of hydrogen-bond acceptors (Lipinski definition) is 6. The van der Waals surface area contributed by atoms with Crippen LogP contribution >= 0.6 is 0 Å². The first-order valence-corrected chi connectivity index (χ1v) is 10.9. The van der Waals surface area contributed by atoms with Crippen LogP contribution in [0.15, 0.2) is 54.6 Å². The second-order valence-corrected chi connectivity index (χ2v) is 8.74. The molecule has 0 aliphatic heterocycles. The molecule has 3 heterocycles. The van der Waals surface area contributed by atoms with Gasteiger partial charge in [0.05, 0.1) is 33.1 Å². The zero-order valence-corrected chi connectivity index (χ0v) is 18.4. The van der Waals surface area contributed by atoms with Gasteiger partial charge in [-0.1, -0.05) is 18.2 Å². The molecule has 0 radical (unpaired) electrons. The van der Waals surface area contributed by atoms with Gasteiger partial charge < -0.3 is 0 Å². The fourth-order valence-corrected chi connectivity index (χ4v) is 4.48. The highest BCUT2D eigenvalue weighted by Gasteiger charge is 2.18. The molecular weight excluding hydrogens is 408 g/mol. The molecule has 156 valence electrons. The monoisotopic (exact) mass is 426 g/mol. The van der Waals surface area contributed by atoms with Crippen molar-refractivity contribution >= 4 is 66.2 Å². The average Bonchev–Trinajstić information content (AvgIpc) is 2.81. The van der Waals surface area contributed by atoms with Crippen molar-refractivity contribution in [3.05, 3.63) is 71.3 Å². The molecule has 0 atom stereocenters. The molecule has 4 aromatic carbocycles. The van der Waals surface area contributed by atoms with Crippen molar-refractivity contribution in [1.82, 2.24) is 29.9 Å². The average molecular weight is 426 g/mol. The Bertz CT molecular complexity index is 1960. The highest BCUT2D eigenvalue weighted by atomic mass is 14.9. The summed E-state index contributed by atoms with van der Waals surface area (Å²) in [4.78, 5) is 30.0. The van der Waals surface area contributed by atoms with Gasteiger partial charge in [-0.05, 0) is 73.9 Å². The van der Waals surface area contributed by atoms with Crippen molar-refractivity contribution in [2.75, 3.05) is 0 Å². The molecule has 0 saturated heterocycles. The summed E-state index contributed by atoms with van der Waals surface area (Å²) >= 11 is 0. The van der Waals surface area contributed by atoms with E-state index in [2.05, 4.69) is 20.8 Å². The summed E-state index contributed by atoms with van der Waals surface area (Å²) in [5.41, 5.74) is 12.6. The summed E-state index contributed by atoms with van der Waals surface area (Å²) in [5, 5.41) is 0. The van der Waals surface area contributed by atoms with Crippen molar-refractivity contribution < 1.29 is 0 Å². The van der Waals surface area contributed by atoms with Gasteiger partial charge in [-0.3, -0.25) is 0 Å². The van der Waals surface area contributed by atoms with Crippen LogP contribution in [0, 0.1) is 20.8 Å². The van der Waals surface area contributed by atoms with Gasteiger partial charge in [-0.15, -0.1) is 0 Å². The fourth-order valence-electron chi connectivity index (χ4n) is 4.48. The Morgan fingerprint density at radius 1 is 0.333 bits per heavy atom. The van der Waals surface area contributed by atoms with E-state index >= 15 is 0 Å². The summed E-state index contributed by atoms with van der Waals surface area (Å²) in [6, 6.07) is 18.3. The van der Waals surface area contributed by atoms with E-state index in [-0.39, 0.29) is 0 Å². The Kier molecular flexibility index (Phi) is 3.52. The molecule has 0 N–H and O–H groups in total. The van der Waals surface area contributed by atoms with Crippen molar-refractivity contribution in [3.8, 4) is 0 Å². The topological polar surface area (TPSA) is 77.3 Å². The third kappa shape index (κ3) is 2.67. The first-order valence-electron chi connectivity index (χ1n) is 10.9. The SMILES string of the molecule is Cc1ccc2nc3c4nc5ccc(C)cc5nc4c4nc5cc(C)ccc5nc4c3nc2c1. The molecule has 0 fully saturated rings. The van der Waals surface area contributed by atoms with Crippen LogP contribution in [-0.2, 0) is 0 Å². The van der Waals surface area contributed by atoms with E-state index in [1.807, 2.05) is 54.6 Å². The molecule has 0 spiro atoms. The van der Waals surface area contributed by atoms with Gasteiger partial charge in [-0.25, -0.2) is 29.9 Å². The Labute approximate surface area is 188 Å². The molecule has 7 aromatic rings. The van der Waals surface area contributed by atoms with Gasteiger partial charge in [0.25, 0.3) is 0 Å². The Morgan fingerprint density at radius 2 is 0.576 bits per heavy atom. The number of rotatable bonds is 0. The van der Waals surface area contributed by atoms with Crippen LogP contribution < -0.4 is 0 Å². The lowest BCUT2D eigenvalue weighted by atomic mass is 10.1. The Morgan fingerprint density at radius 3 is 0.848 bits per heavy atom. The lowest BCUT2D eigenvalue weighted by molar-refractivity contribution is 1.32. The predicted molar refractivity (Wildman–Crippen MR) is 132 cm³/mol. The van der Waals surface area contributed by atoms with Crippen molar-refractivity contribution in [2.45, 2.75) is 20.8 Å². The van der Waals surface area contributed by atoms with Crippen LogP contribution in [0.1, 0.15) is 16.7 Å². The number of aryl methyl sites for hydroxylation is 3. The van der Waals surface area contributed by atoms with Gasteiger partial charge >= 0.3 is 0 Å². The van der Waals surface area contributed by atoms with Crippen LogP contribution in [0.4, 0.5) is 0 Å². The predicted octanol–water partition coefficient (Wildman–Crippen LogP) is 5.90. The van der Waals surface area contributed by atoms with Gasteiger partial charge in [0.2, 0.25) is 0 Å². The second kappa shape index (κ2) is 6.36. The number of hydrogen-bond donors (Lipinski definition) is 0. The van der Waals surface area contributed by atoms with E-state index in [4.69, 9.17) is 29.9 Å². The zero-order valence-electron chi connectivity index (χ0n) is 18.4. The highest BCUT2D eigenvalue weighted by Crippen LogP contribution is 2.33. The third-order valence-electron chi connectivity index (χ3n) is 6.13. The normalized spacial score (nSPS) is 12.1. The molecule has 33 heavy (non-hydrogen) atoms. The maximum Gasteiger partial charge on any atom is 0.120 e. The van der Waals surface area contributed by atoms with E-state index in [0.29, 0.717) is 33.1 Å². The largest absolute Gasteiger partial charge is 0.242 e. The summed E-state index contributed by atoms with van der Waals surface area (Å²) < 4.78 is 0. The Balaban J connectivity index is 1.78. The molecule has 0 aliphatic rings. The lowest BCUT2D eigenvalue weighted by Crippen LogP contribution is -1.99. The van der Waals surface area contributed by atoms with E-state index in [9.17, 15) is 0 Å². The quantitative estimate of drug-likeness (QED) is 0.222. The molecule has 6 nitrogen and oxygen atoms in total. The number of fused-ring (bicyclic) bond motifs is 9. The molecule has 0 saturated carbocycles. The van der Waals surface area contributed by atoms with E-state index in [0.717, 1.165) is 49.8 Å². The molecule has 0 amide bonds. The van der Waals surface area contributed by atoms with Crippen LogP contribution in [0.25, 0.3) is 66.2 Å². The lowest BCUT2D eigenvalue weighted by Gasteiger charge is -2.11. The zero-order chi connectivity index (χ0) is 22.3. The highest BCUT2D eigenvalue weighted by molar-refractivity contribution is 6.20. The number of aromatic nitrogens is 6. The molecule has 0 aliphatic carbocycles. The number of benzene rings is 4. The fraction of sp³-hybridized carbons (Fsp3) is 0.111. The smallest absolute Gasteiger partial charge is 0.120 e. The summed E-state index contributed by atoms with van der Waals surface area (Å²) in [5.74, 6) is 0. The summed E-state index contributed by atoms with van der Waals surface area (Å²) in [6.45, 7) is 6.17. The van der Waals surface area contributed by atoms with E-state index in [1.165, 1.54) is 0 Å². The van der Waals surface area contributed by atoms with Gasteiger partial charge in [0, 0.05) is 0 Å². The van der Waals surface area contributed by atoms with E-state index < -0.39 is 0 Å². The summed E-state index contributed by atoms with van der Waals surface area (Å²) in [7, 11) is 0. The maximum atomic E-state index is 5.01. The van der Waals surface area contributed by atoms with Crippen molar-refractivity contribution in [1.29, 1.82) is 0 Å². The maximum absolute atomic E-state index is 5.01. The van der Waals surface area contributed by atoms with Crippen LogP contribution in [0.3, 0.4) is 0 Å². The molecule has 6 heteroatoms. The van der Waals surface area contributed by atoms with Crippen molar-refractivity contribution in [2.24, 2.45) is 0 Å². The van der Waals surface area contributed by atoms with E-state index in [1.54, 1.807) is 0 Å². The first kappa shape index (κ1) is 18.3. The Hall–Kier alpha value is -4.32. The van der Waals surface area contributed by atoms with Crippen molar-refractivity contribution in [3.63, 3.8) is 0 Å². The van der Waals surface area contributed by atoms with Gasteiger partial charge in [0.1, 0.15) is 33.1 Å². The number of nitrogens with zero attached hydrogens (tertiary/aromatic N) is 6. The van der Waals surface area contributed by atoms with Crippen LogP contribution in [0.2, 0.25) is 0 Å². The molecule has 0 unspecified atom stereocenters. The molecule has 3 aromatic heterocycles. The first-order chi connectivity index (χ1) is 16.0. The molecule has 0 bridgehead atoms. The minimum absolute atomic E-state index is 0.699. The van der Waals surface area contributed by atoms with Gasteiger partial charge in [-0.2, -0.15) is 0 Å². The minimum Gasteiger partial charge on any atom is -0.242 e. The second-order valence-electron chi connectivity index (χ2n) is 8.74. The standard InChI is InChI=1S/C27H18N6/c1-13-4-7-16-19(10-13)31-25-22(28-16)23-26(32-20-11-14(2)5-8-17(20)29-23)27-24(25)30-18-9-6-15(3)12-21(18)33-27/h4-12H,1-3H3. The van der Waals surface area contributed by atoms with Crippen LogP contribution in [-0.4, -0.2) is 29.9 Å².